The van der Waals surface area contributed by atoms with Crippen molar-refractivity contribution in [3.8, 4) is 0 Å². The first-order valence-corrected chi connectivity index (χ1v) is 10.4. The Balaban J connectivity index is 1.59. The molecule has 1 fully saturated rings. The molecular formula is C24H21Cl2F2NO. The van der Waals surface area contributed by atoms with Crippen LogP contribution < -0.4 is 0 Å². The van der Waals surface area contributed by atoms with E-state index in [9.17, 15) is 13.9 Å². The van der Waals surface area contributed by atoms with Crippen LogP contribution in [0.25, 0.3) is 0 Å². The van der Waals surface area contributed by atoms with Crippen molar-refractivity contribution in [1.82, 2.24) is 4.90 Å². The molecule has 4 rings (SSSR count). The lowest BCUT2D eigenvalue weighted by Crippen LogP contribution is -2.56. The monoisotopic (exact) mass is 447 g/mol. The van der Waals surface area contributed by atoms with Crippen LogP contribution in [-0.2, 0) is 5.60 Å². The van der Waals surface area contributed by atoms with Gasteiger partial charge in [-0.2, -0.15) is 0 Å². The SMILES string of the molecule is C[C@@](O)(c1cc(F)cc(F)c1)C1CN(C(c2ccc(Cl)cc2)c2ccc(Cl)cc2)C1. The van der Waals surface area contributed by atoms with E-state index >= 15 is 0 Å². The number of likely N-dealkylation sites (tertiary alicyclic amines) is 1. The zero-order valence-electron chi connectivity index (χ0n) is 16.3. The van der Waals surface area contributed by atoms with Crippen LogP contribution >= 0.6 is 23.2 Å². The third-order valence-corrected chi connectivity index (χ3v) is 6.39. The van der Waals surface area contributed by atoms with Crippen molar-refractivity contribution in [2.24, 2.45) is 5.92 Å². The van der Waals surface area contributed by atoms with Crippen molar-refractivity contribution < 1.29 is 13.9 Å². The molecule has 6 heteroatoms. The minimum Gasteiger partial charge on any atom is -0.385 e. The minimum atomic E-state index is -1.34. The molecule has 1 atom stereocenters. The van der Waals surface area contributed by atoms with Crippen molar-refractivity contribution in [2.75, 3.05) is 13.1 Å². The van der Waals surface area contributed by atoms with E-state index in [-0.39, 0.29) is 17.5 Å². The van der Waals surface area contributed by atoms with Crippen LogP contribution in [0.2, 0.25) is 10.0 Å². The highest BCUT2D eigenvalue weighted by atomic mass is 35.5. The number of nitrogens with zero attached hydrogens (tertiary/aromatic N) is 1. The number of hydrogen-bond donors (Lipinski definition) is 1. The standard InChI is InChI=1S/C24H21Cl2F2NO/c1-24(30,17-10-21(27)12-22(28)11-17)18-13-29(14-18)23(15-2-6-19(25)7-3-15)16-4-8-20(26)9-5-16/h2-12,18,23,30H,13-14H2,1H3/t24-/m1/s1. The average Bonchev–Trinajstić information content (AvgIpc) is 2.65. The van der Waals surface area contributed by atoms with Crippen molar-refractivity contribution in [2.45, 2.75) is 18.6 Å². The molecule has 2 nitrogen and oxygen atoms in total. The first-order valence-electron chi connectivity index (χ1n) is 9.68. The lowest BCUT2D eigenvalue weighted by Gasteiger charge is -2.50. The Morgan fingerprint density at radius 3 is 1.73 bits per heavy atom. The summed E-state index contributed by atoms with van der Waals surface area (Å²) < 4.78 is 27.3. The number of rotatable bonds is 5. The third kappa shape index (κ3) is 4.23. The fourth-order valence-corrected chi connectivity index (χ4v) is 4.32. The van der Waals surface area contributed by atoms with E-state index < -0.39 is 17.2 Å². The summed E-state index contributed by atoms with van der Waals surface area (Å²) >= 11 is 12.1. The molecule has 3 aromatic rings. The van der Waals surface area contributed by atoms with E-state index in [0.717, 1.165) is 17.2 Å². The molecular weight excluding hydrogens is 427 g/mol. The summed E-state index contributed by atoms with van der Waals surface area (Å²) in [5, 5.41) is 12.4. The van der Waals surface area contributed by atoms with E-state index in [1.165, 1.54) is 12.1 Å². The predicted molar refractivity (Wildman–Crippen MR) is 116 cm³/mol. The molecule has 0 spiro atoms. The molecule has 1 N–H and O–H groups in total. The van der Waals surface area contributed by atoms with Gasteiger partial charge in [-0.05, 0) is 60.0 Å². The molecule has 0 saturated carbocycles. The largest absolute Gasteiger partial charge is 0.385 e. The van der Waals surface area contributed by atoms with Crippen molar-refractivity contribution in [3.05, 3.63) is 105 Å². The van der Waals surface area contributed by atoms with Gasteiger partial charge < -0.3 is 5.11 Å². The molecule has 0 aliphatic carbocycles. The normalized spacial score (nSPS) is 17.0. The van der Waals surface area contributed by atoms with Crippen molar-refractivity contribution in [1.29, 1.82) is 0 Å². The average molecular weight is 448 g/mol. The second kappa shape index (κ2) is 8.27. The number of benzene rings is 3. The van der Waals surface area contributed by atoms with Crippen LogP contribution in [0.5, 0.6) is 0 Å². The summed E-state index contributed by atoms with van der Waals surface area (Å²) in [5.74, 6) is -1.55. The van der Waals surface area contributed by atoms with Crippen LogP contribution in [0, 0.1) is 17.6 Å². The topological polar surface area (TPSA) is 23.5 Å². The highest BCUT2D eigenvalue weighted by Crippen LogP contribution is 2.42. The maximum absolute atomic E-state index is 13.7. The van der Waals surface area contributed by atoms with Gasteiger partial charge in [-0.1, -0.05) is 47.5 Å². The summed E-state index contributed by atoms with van der Waals surface area (Å²) in [6.07, 6.45) is 0. The summed E-state index contributed by atoms with van der Waals surface area (Å²) in [6, 6.07) is 18.5. The van der Waals surface area contributed by atoms with Crippen molar-refractivity contribution >= 4 is 23.2 Å². The van der Waals surface area contributed by atoms with Crippen molar-refractivity contribution in [3.63, 3.8) is 0 Å². The van der Waals surface area contributed by atoms with Gasteiger partial charge in [0.1, 0.15) is 11.6 Å². The zero-order chi connectivity index (χ0) is 21.5. The maximum atomic E-state index is 13.7. The van der Waals surface area contributed by atoms with Gasteiger partial charge in [-0.3, -0.25) is 4.90 Å². The van der Waals surface area contributed by atoms with Crippen LogP contribution in [0.4, 0.5) is 8.78 Å². The Labute approximate surface area is 184 Å². The van der Waals surface area contributed by atoms with Gasteiger partial charge in [-0.15, -0.1) is 0 Å². The molecule has 1 heterocycles. The van der Waals surface area contributed by atoms with Gasteiger partial charge in [-0.25, -0.2) is 8.78 Å². The minimum absolute atomic E-state index is 0.0455. The molecule has 0 bridgehead atoms. The Morgan fingerprint density at radius 2 is 1.30 bits per heavy atom. The first-order chi connectivity index (χ1) is 14.2. The third-order valence-electron chi connectivity index (χ3n) is 5.89. The Bertz CT molecular complexity index is 966. The number of halogens is 4. The molecule has 30 heavy (non-hydrogen) atoms. The maximum Gasteiger partial charge on any atom is 0.126 e. The second-order valence-corrected chi connectivity index (χ2v) is 8.83. The highest BCUT2D eigenvalue weighted by molar-refractivity contribution is 6.30. The van der Waals surface area contributed by atoms with Gasteiger partial charge in [0.25, 0.3) is 0 Å². The van der Waals surface area contributed by atoms with E-state index in [0.29, 0.717) is 23.1 Å². The number of aliphatic hydroxyl groups is 1. The fraction of sp³-hybridized carbons (Fsp3) is 0.250. The number of hydrogen-bond acceptors (Lipinski definition) is 2. The van der Waals surface area contributed by atoms with E-state index in [4.69, 9.17) is 23.2 Å². The molecule has 0 radical (unpaired) electrons. The fourth-order valence-electron chi connectivity index (χ4n) is 4.06. The highest BCUT2D eigenvalue weighted by Gasteiger charge is 2.44. The molecule has 0 amide bonds. The molecule has 3 aromatic carbocycles. The summed E-state index contributed by atoms with van der Waals surface area (Å²) in [4.78, 5) is 2.22. The van der Waals surface area contributed by atoms with Gasteiger partial charge >= 0.3 is 0 Å². The van der Waals surface area contributed by atoms with Crippen LogP contribution in [-0.4, -0.2) is 23.1 Å². The lowest BCUT2D eigenvalue weighted by atomic mass is 9.76. The Hall–Kier alpha value is -1.98. The van der Waals surface area contributed by atoms with Crippen LogP contribution in [0.15, 0.2) is 66.7 Å². The predicted octanol–water partition coefficient (Wildman–Crippen LogP) is 6.20. The first kappa shape index (κ1) is 21.3. The molecule has 0 unspecified atom stereocenters. The molecule has 1 aliphatic heterocycles. The Morgan fingerprint density at radius 1 is 0.867 bits per heavy atom. The van der Waals surface area contributed by atoms with Crippen LogP contribution in [0.3, 0.4) is 0 Å². The van der Waals surface area contributed by atoms with Gasteiger partial charge in [0, 0.05) is 35.1 Å². The van der Waals surface area contributed by atoms with E-state index in [2.05, 4.69) is 4.90 Å². The molecule has 1 aliphatic rings. The zero-order valence-corrected chi connectivity index (χ0v) is 17.8. The lowest BCUT2D eigenvalue weighted by molar-refractivity contribution is -0.0888. The van der Waals surface area contributed by atoms with Crippen LogP contribution in [0.1, 0.15) is 29.7 Å². The van der Waals surface area contributed by atoms with Gasteiger partial charge in [0.2, 0.25) is 0 Å². The van der Waals surface area contributed by atoms with E-state index in [1.54, 1.807) is 6.92 Å². The van der Waals surface area contributed by atoms with Gasteiger partial charge in [0.05, 0.1) is 11.6 Å². The second-order valence-electron chi connectivity index (χ2n) is 7.96. The quantitative estimate of drug-likeness (QED) is 0.503. The Kier molecular flexibility index (Phi) is 5.86. The molecule has 1 saturated heterocycles. The summed E-state index contributed by atoms with van der Waals surface area (Å²) in [6.45, 7) is 2.75. The smallest absolute Gasteiger partial charge is 0.126 e. The van der Waals surface area contributed by atoms with E-state index in [1.807, 2.05) is 48.5 Å². The molecule has 156 valence electrons. The summed E-state index contributed by atoms with van der Waals surface area (Å²) in [5.41, 5.74) is 1.04. The summed E-state index contributed by atoms with van der Waals surface area (Å²) in [7, 11) is 0. The molecule has 0 aromatic heterocycles. The van der Waals surface area contributed by atoms with Gasteiger partial charge in [0.15, 0.2) is 0 Å².